The Morgan fingerprint density at radius 2 is 0.810 bits per heavy atom. The first-order valence-electron chi connectivity index (χ1n) is 21.5. The van der Waals surface area contributed by atoms with E-state index in [0.717, 1.165) is 79.7 Å². The average Bonchev–Trinajstić information content (AvgIpc) is 3.36. The highest BCUT2D eigenvalue weighted by Crippen LogP contribution is 2.42. The van der Waals surface area contributed by atoms with Gasteiger partial charge in [-0.2, -0.15) is 0 Å². The lowest BCUT2D eigenvalue weighted by Crippen LogP contribution is -2.24. The fourth-order valence-corrected chi connectivity index (χ4v) is 8.34. The minimum absolute atomic E-state index is 0.728. The number of para-hydroxylation sites is 1. The van der Waals surface area contributed by atoms with Gasteiger partial charge in [0.05, 0.1) is 11.4 Å². The molecule has 0 saturated heterocycles. The van der Waals surface area contributed by atoms with Crippen molar-refractivity contribution in [1.82, 2.24) is 5.32 Å². The minimum atomic E-state index is 0.728. The average molecular weight is 808 g/mol. The molecule has 3 nitrogen and oxygen atoms in total. The van der Waals surface area contributed by atoms with Gasteiger partial charge in [0.1, 0.15) is 5.84 Å². The number of anilines is 3. The molecule has 0 aromatic heterocycles. The van der Waals surface area contributed by atoms with Crippen LogP contribution in [0.4, 0.5) is 17.1 Å². The maximum absolute atomic E-state index is 5.33. The first-order valence-corrected chi connectivity index (χ1v) is 21.5. The van der Waals surface area contributed by atoms with E-state index < -0.39 is 0 Å². The number of allylic oxidation sites excluding steroid dienone is 2. The standard InChI is InChI=1S/C60H45N3/c1-5-19-44(20-6-1)46-37-39-54(40-38-46)63(59-36-14-13-33-56(59)47-23-9-3-10-24-47)55-32-17-29-51(43-55)50-28-15-30-52(41-50)58-35-18-34-57(48-25-11-4-12-26-48)61-60(62-58)53-31-16-27-49(42-53)45-21-7-2-8-22-45/h1-17,19-43H,18H2,(H,61,62)/b57-34?,58-35-. The molecule has 1 N–H and O–H groups in total. The van der Waals surface area contributed by atoms with Gasteiger partial charge in [-0.3, -0.25) is 0 Å². The van der Waals surface area contributed by atoms with E-state index in [1.54, 1.807) is 0 Å². The fraction of sp³-hybridized carbons (Fsp3) is 0.0167. The smallest absolute Gasteiger partial charge is 0.138 e. The summed E-state index contributed by atoms with van der Waals surface area (Å²) in [6, 6.07) is 86.1. The second-order valence-electron chi connectivity index (χ2n) is 15.6. The van der Waals surface area contributed by atoms with Crippen LogP contribution in [0.15, 0.2) is 260 Å². The molecule has 9 aromatic carbocycles. The number of hydrogen-bond acceptors (Lipinski definition) is 3. The first-order chi connectivity index (χ1) is 31.2. The van der Waals surface area contributed by atoms with Crippen molar-refractivity contribution in [2.45, 2.75) is 6.42 Å². The van der Waals surface area contributed by atoms with Crippen LogP contribution in [0.5, 0.6) is 0 Å². The molecule has 0 fully saturated rings. The Balaban J connectivity index is 1.03. The van der Waals surface area contributed by atoms with Crippen LogP contribution < -0.4 is 10.2 Å². The van der Waals surface area contributed by atoms with E-state index in [4.69, 9.17) is 4.99 Å². The van der Waals surface area contributed by atoms with Crippen molar-refractivity contribution in [2.24, 2.45) is 4.99 Å². The van der Waals surface area contributed by atoms with Crippen LogP contribution in [0.2, 0.25) is 0 Å². The Labute approximate surface area is 370 Å². The Morgan fingerprint density at radius 3 is 1.49 bits per heavy atom. The number of hydrogen-bond donors (Lipinski definition) is 1. The molecular formula is C60H45N3. The van der Waals surface area contributed by atoms with Crippen molar-refractivity contribution in [3.8, 4) is 44.5 Å². The van der Waals surface area contributed by atoms with Gasteiger partial charge < -0.3 is 10.2 Å². The van der Waals surface area contributed by atoms with Crippen molar-refractivity contribution in [3.05, 3.63) is 271 Å². The number of amidine groups is 1. The van der Waals surface area contributed by atoms with Crippen LogP contribution in [0.3, 0.4) is 0 Å². The lowest BCUT2D eigenvalue weighted by Gasteiger charge is -2.28. The molecule has 0 spiro atoms. The summed E-state index contributed by atoms with van der Waals surface area (Å²) in [6.45, 7) is 0. The second-order valence-corrected chi connectivity index (χ2v) is 15.6. The summed E-state index contributed by atoms with van der Waals surface area (Å²) in [7, 11) is 0. The maximum atomic E-state index is 5.33. The van der Waals surface area contributed by atoms with E-state index in [2.05, 4.69) is 259 Å². The van der Waals surface area contributed by atoms with Crippen LogP contribution in [0, 0.1) is 0 Å². The second kappa shape index (κ2) is 18.1. The van der Waals surface area contributed by atoms with E-state index in [0.29, 0.717) is 0 Å². The summed E-state index contributed by atoms with van der Waals surface area (Å²) in [4.78, 5) is 7.71. The molecule has 0 atom stereocenters. The minimum Gasteiger partial charge on any atom is -0.339 e. The molecule has 0 saturated carbocycles. The molecule has 10 rings (SSSR count). The highest BCUT2D eigenvalue weighted by Gasteiger charge is 2.19. The molecule has 0 bridgehead atoms. The van der Waals surface area contributed by atoms with E-state index in [1.807, 2.05) is 6.07 Å². The van der Waals surface area contributed by atoms with Gasteiger partial charge in [0, 0.05) is 28.2 Å². The predicted octanol–water partition coefficient (Wildman–Crippen LogP) is 15.6. The van der Waals surface area contributed by atoms with Gasteiger partial charge in [-0.25, -0.2) is 4.99 Å². The third kappa shape index (κ3) is 8.68. The quantitative estimate of drug-likeness (QED) is 0.149. The van der Waals surface area contributed by atoms with Gasteiger partial charge in [-0.1, -0.05) is 212 Å². The molecule has 1 heterocycles. The van der Waals surface area contributed by atoms with Crippen molar-refractivity contribution in [2.75, 3.05) is 4.90 Å². The van der Waals surface area contributed by atoms with Crippen LogP contribution >= 0.6 is 0 Å². The molecule has 3 heteroatoms. The predicted molar refractivity (Wildman–Crippen MR) is 266 cm³/mol. The van der Waals surface area contributed by atoms with Gasteiger partial charge >= 0.3 is 0 Å². The van der Waals surface area contributed by atoms with Gasteiger partial charge in [0.15, 0.2) is 0 Å². The molecule has 1 aliphatic heterocycles. The molecular weight excluding hydrogens is 763 g/mol. The summed E-state index contributed by atoms with van der Waals surface area (Å²) in [5.41, 5.74) is 17.7. The molecule has 9 aromatic rings. The summed E-state index contributed by atoms with van der Waals surface area (Å²) >= 11 is 0. The van der Waals surface area contributed by atoms with E-state index in [9.17, 15) is 0 Å². The van der Waals surface area contributed by atoms with Crippen molar-refractivity contribution in [1.29, 1.82) is 0 Å². The first kappa shape index (κ1) is 38.9. The van der Waals surface area contributed by atoms with Crippen molar-refractivity contribution in [3.63, 3.8) is 0 Å². The number of nitrogens with zero attached hydrogens (tertiary/aromatic N) is 2. The topological polar surface area (TPSA) is 27.6 Å². The number of rotatable bonds is 10. The van der Waals surface area contributed by atoms with Crippen LogP contribution in [-0.4, -0.2) is 5.84 Å². The van der Waals surface area contributed by atoms with Crippen LogP contribution in [-0.2, 0) is 0 Å². The van der Waals surface area contributed by atoms with E-state index >= 15 is 0 Å². The molecule has 0 aliphatic carbocycles. The molecule has 0 amide bonds. The number of benzene rings is 9. The Kier molecular flexibility index (Phi) is 11.2. The van der Waals surface area contributed by atoms with Gasteiger partial charge in [0.2, 0.25) is 0 Å². The molecule has 63 heavy (non-hydrogen) atoms. The number of aliphatic imine (C=N–C) groups is 1. The third-order valence-electron chi connectivity index (χ3n) is 11.5. The summed E-state index contributed by atoms with van der Waals surface area (Å²) in [5.74, 6) is 0.798. The Hall–Kier alpha value is -8.27. The largest absolute Gasteiger partial charge is 0.339 e. The van der Waals surface area contributed by atoms with Gasteiger partial charge in [-0.15, -0.1) is 0 Å². The zero-order valence-corrected chi connectivity index (χ0v) is 34.9. The van der Waals surface area contributed by atoms with E-state index in [-0.39, 0.29) is 0 Å². The maximum Gasteiger partial charge on any atom is 0.138 e. The van der Waals surface area contributed by atoms with Crippen molar-refractivity contribution >= 4 is 34.3 Å². The summed E-state index contributed by atoms with van der Waals surface area (Å²) < 4.78 is 0. The SMILES string of the molecule is C1=C(c2ccccc2)N=C(c2cccc(-c3ccccc3)c2)N/C(c2cccc(-c3cccc(N(c4ccc(-c5ccccc5)cc4)c4ccccc4-c4ccccc4)c3)c2)=C\C1. The fourth-order valence-electron chi connectivity index (χ4n) is 8.34. The normalized spacial score (nSPS) is 13.3. The Bertz CT molecular complexity index is 3080. The highest BCUT2D eigenvalue weighted by atomic mass is 15.1. The molecule has 300 valence electrons. The lowest BCUT2D eigenvalue weighted by atomic mass is 9.98. The summed E-state index contributed by atoms with van der Waals surface area (Å²) in [6.07, 6.45) is 5.22. The zero-order valence-electron chi connectivity index (χ0n) is 34.9. The zero-order chi connectivity index (χ0) is 42.2. The molecule has 0 unspecified atom stereocenters. The number of nitrogens with one attached hydrogen (secondary N) is 1. The van der Waals surface area contributed by atoms with Crippen molar-refractivity contribution < 1.29 is 0 Å². The van der Waals surface area contributed by atoms with E-state index in [1.165, 1.54) is 22.3 Å². The molecule has 1 aliphatic rings. The lowest BCUT2D eigenvalue weighted by molar-refractivity contribution is 1.21. The monoisotopic (exact) mass is 807 g/mol. The molecule has 0 radical (unpaired) electrons. The summed E-state index contributed by atoms with van der Waals surface area (Å²) in [5, 5.41) is 3.82. The van der Waals surface area contributed by atoms with Crippen LogP contribution in [0.25, 0.3) is 55.9 Å². The van der Waals surface area contributed by atoms with Gasteiger partial charge in [0.25, 0.3) is 0 Å². The third-order valence-corrected chi connectivity index (χ3v) is 11.5. The van der Waals surface area contributed by atoms with Crippen LogP contribution in [0.1, 0.15) is 23.1 Å². The Morgan fingerprint density at radius 1 is 0.333 bits per heavy atom. The van der Waals surface area contributed by atoms with Gasteiger partial charge in [-0.05, 0) is 99.0 Å². The highest BCUT2D eigenvalue weighted by molar-refractivity contribution is 6.07.